The monoisotopic (exact) mass is 529 g/mol. The first-order valence-corrected chi connectivity index (χ1v) is 13.3. The Labute approximate surface area is 227 Å². The van der Waals surface area contributed by atoms with E-state index in [1.807, 2.05) is 66.9 Å². The lowest BCUT2D eigenvalue weighted by molar-refractivity contribution is -0.129. The van der Waals surface area contributed by atoms with Crippen molar-refractivity contribution in [2.24, 2.45) is 0 Å². The molecule has 1 aliphatic rings. The Kier molecular flexibility index (Phi) is 8.26. The molecule has 38 heavy (non-hydrogen) atoms. The van der Waals surface area contributed by atoms with Gasteiger partial charge in [-0.05, 0) is 35.4 Å². The molecule has 0 saturated carbocycles. The standard InChI is InChI=1S/C30H32ClN5O2/c31-26-12-6-4-8-22(26)19-33-30(38)28(18-23-20-32-27-13-7-5-11-25(23)27)34-29(37)21-35-14-16-36(17-15-35)24-9-2-1-3-10-24/h1-13,20,28,32H,14-19,21H2,(H,33,38)(H,34,37). The Hall–Kier alpha value is -3.81. The van der Waals surface area contributed by atoms with Crippen LogP contribution in [0, 0.1) is 0 Å². The quantitative estimate of drug-likeness (QED) is 0.306. The van der Waals surface area contributed by atoms with Gasteiger partial charge in [0.15, 0.2) is 0 Å². The summed E-state index contributed by atoms with van der Waals surface area (Å²) in [5.74, 6) is -0.395. The third-order valence-electron chi connectivity index (χ3n) is 7.02. The minimum atomic E-state index is -0.713. The van der Waals surface area contributed by atoms with Crippen LogP contribution in [0.1, 0.15) is 11.1 Å². The summed E-state index contributed by atoms with van der Waals surface area (Å²) in [7, 11) is 0. The average molecular weight is 530 g/mol. The summed E-state index contributed by atoms with van der Waals surface area (Å²) in [6.45, 7) is 3.83. The molecule has 1 fully saturated rings. The molecule has 1 aliphatic heterocycles. The first kappa shape index (κ1) is 25.8. The Morgan fingerprint density at radius 1 is 0.868 bits per heavy atom. The van der Waals surface area contributed by atoms with Crippen LogP contribution in [0.15, 0.2) is 85.1 Å². The molecule has 4 aromatic rings. The van der Waals surface area contributed by atoms with Crippen molar-refractivity contribution in [2.45, 2.75) is 19.0 Å². The van der Waals surface area contributed by atoms with Crippen molar-refractivity contribution in [3.8, 4) is 0 Å². The summed E-state index contributed by atoms with van der Waals surface area (Å²) >= 11 is 6.28. The van der Waals surface area contributed by atoms with Crippen LogP contribution in [0.3, 0.4) is 0 Å². The second-order valence-corrected chi connectivity index (χ2v) is 10.00. The Morgan fingerprint density at radius 2 is 1.58 bits per heavy atom. The molecule has 0 radical (unpaired) electrons. The number of nitrogens with one attached hydrogen (secondary N) is 3. The minimum Gasteiger partial charge on any atom is -0.369 e. The molecule has 5 rings (SSSR count). The largest absolute Gasteiger partial charge is 0.369 e. The highest BCUT2D eigenvalue weighted by atomic mass is 35.5. The van der Waals surface area contributed by atoms with E-state index in [4.69, 9.17) is 11.6 Å². The predicted molar refractivity (Wildman–Crippen MR) is 152 cm³/mol. The Morgan fingerprint density at radius 3 is 2.37 bits per heavy atom. The van der Waals surface area contributed by atoms with E-state index >= 15 is 0 Å². The molecular weight excluding hydrogens is 498 g/mol. The van der Waals surface area contributed by atoms with Gasteiger partial charge in [-0.25, -0.2) is 0 Å². The summed E-state index contributed by atoms with van der Waals surface area (Å²) in [5.41, 5.74) is 4.01. The maximum Gasteiger partial charge on any atom is 0.243 e. The number of hydrogen-bond donors (Lipinski definition) is 3. The molecule has 1 aromatic heterocycles. The van der Waals surface area contributed by atoms with Gasteiger partial charge in [-0.3, -0.25) is 14.5 Å². The predicted octanol–water partition coefficient (Wildman–Crippen LogP) is 3.99. The number of nitrogens with zero attached hydrogens (tertiary/aromatic N) is 2. The molecule has 2 amide bonds. The fraction of sp³-hybridized carbons (Fsp3) is 0.267. The number of H-pyrrole nitrogens is 1. The Bertz CT molecular complexity index is 1380. The van der Waals surface area contributed by atoms with Crippen LogP contribution in [-0.4, -0.2) is 60.5 Å². The second-order valence-electron chi connectivity index (χ2n) is 9.59. The molecule has 0 spiro atoms. The van der Waals surface area contributed by atoms with Gasteiger partial charge < -0.3 is 20.5 Å². The van der Waals surface area contributed by atoms with E-state index in [2.05, 4.69) is 37.6 Å². The number of hydrogen-bond acceptors (Lipinski definition) is 4. The molecular formula is C30H32ClN5O2. The number of amides is 2. The van der Waals surface area contributed by atoms with Gasteiger partial charge in [0.2, 0.25) is 11.8 Å². The van der Waals surface area contributed by atoms with E-state index in [-0.39, 0.29) is 18.4 Å². The number of anilines is 1. The number of para-hydroxylation sites is 2. The van der Waals surface area contributed by atoms with Crippen LogP contribution in [0.2, 0.25) is 5.02 Å². The van der Waals surface area contributed by atoms with Gasteiger partial charge in [0.25, 0.3) is 0 Å². The van der Waals surface area contributed by atoms with Gasteiger partial charge in [-0.15, -0.1) is 0 Å². The molecule has 1 saturated heterocycles. The number of rotatable bonds is 9. The maximum absolute atomic E-state index is 13.3. The lowest BCUT2D eigenvalue weighted by atomic mass is 10.0. The van der Waals surface area contributed by atoms with Crippen LogP contribution >= 0.6 is 11.6 Å². The van der Waals surface area contributed by atoms with Crippen molar-refractivity contribution in [1.82, 2.24) is 20.5 Å². The average Bonchev–Trinajstić information content (AvgIpc) is 3.36. The number of carbonyl (C=O) groups excluding carboxylic acids is 2. The molecule has 1 atom stereocenters. The first-order chi connectivity index (χ1) is 18.6. The molecule has 3 N–H and O–H groups in total. The van der Waals surface area contributed by atoms with Gasteiger partial charge in [-0.2, -0.15) is 0 Å². The fourth-order valence-corrected chi connectivity index (χ4v) is 5.13. The molecule has 1 unspecified atom stereocenters. The number of piperazine rings is 1. The number of halogens is 1. The van der Waals surface area contributed by atoms with E-state index in [0.717, 1.165) is 48.2 Å². The minimum absolute atomic E-state index is 0.157. The van der Waals surface area contributed by atoms with Crippen molar-refractivity contribution in [2.75, 3.05) is 37.6 Å². The normalized spacial score (nSPS) is 14.8. The fourth-order valence-electron chi connectivity index (χ4n) is 4.92. The molecule has 7 nitrogen and oxygen atoms in total. The number of carbonyl (C=O) groups is 2. The number of fused-ring (bicyclic) bond motifs is 1. The van der Waals surface area contributed by atoms with Crippen molar-refractivity contribution < 1.29 is 9.59 Å². The smallest absolute Gasteiger partial charge is 0.243 e. The third-order valence-corrected chi connectivity index (χ3v) is 7.39. The van der Waals surface area contributed by atoms with Crippen LogP contribution in [0.5, 0.6) is 0 Å². The second kappa shape index (κ2) is 12.2. The van der Waals surface area contributed by atoms with E-state index in [1.54, 1.807) is 6.07 Å². The number of aromatic nitrogens is 1. The first-order valence-electron chi connectivity index (χ1n) is 12.9. The van der Waals surface area contributed by atoms with Crippen molar-refractivity contribution >= 4 is 40.0 Å². The van der Waals surface area contributed by atoms with E-state index in [1.165, 1.54) is 5.69 Å². The topological polar surface area (TPSA) is 80.5 Å². The molecule has 2 heterocycles. The van der Waals surface area contributed by atoms with Crippen molar-refractivity contribution in [3.05, 3.63) is 101 Å². The highest BCUT2D eigenvalue weighted by molar-refractivity contribution is 6.31. The number of benzene rings is 3. The molecule has 0 aliphatic carbocycles. The summed E-state index contributed by atoms with van der Waals surface area (Å²) in [4.78, 5) is 34.2. The van der Waals surface area contributed by atoms with Crippen molar-refractivity contribution in [3.63, 3.8) is 0 Å². The van der Waals surface area contributed by atoms with Gasteiger partial charge in [-0.1, -0.05) is 66.2 Å². The summed E-state index contributed by atoms with van der Waals surface area (Å²) in [6, 6.07) is 25.0. The third kappa shape index (κ3) is 6.36. The van der Waals surface area contributed by atoms with Crippen molar-refractivity contribution in [1.29, 1.82) is 0 Å². The zero-order chi connectivity index (χ0) is 26.3. The number of aromatic amines is 1. The van der Waals surface area contributed by atoms with Gasteiger partial charge in [0, 0.05) is 67.0 Å². The highest BCUT2D eigenvalue weighted by Gasteiger charge is 2.25. The van der Waals surface area contributed by atoms with Gasteiger partial charge in [0.1, 0.15) is 6.04 Å². The van der Waals surface area contributed by atoms with Crippen LogP contribution in [-0.2, 0) is 22.6 Å². The highest BCUT2D eigenvalue weighted by Crippen LogP contribution is 2.20. The zero-order valence-corrected chi connectivity index (χ0v) is 22.0. The lowest BCUT2D eigenvalue weighted by Gasteiger charge is -2.35. The lowest BCUT2D eigenvalue weighted by Crippen LogP contribution is -2.53. The van der Waals surface area contributed by atoms with Gasteiger partial charge >= 0.3 is 0 Å². The summed E-state index contributed by atoms with van der Waals surface area (Å²) < 4.78 is 0. The molecule has 196 valence electrons. The molecule has 3 aromatic carbocycles. The van der Waals surface area contributed by atoms with E-state index in [9.17, 15) is 9.59 Å². The molecule has 8 heteroatoms. The van der Waals surface area contributed by atoms with Crippen LogP contribution < -0.4 is 15.5 Å². The Balaban J connectivity index is 1.23. The zero-order valence-electron chi connectivity index (χ0n) is 21.2. The summed E-state index contributed by atoms with van der Waals surface area (Å²) in [6.07, 6.45) is 2.29. The SMILES string of the molecule is O=C(CN1CCN(c2ccccc2)CC1)NC(Cc1c[nH]c2ccccc12)C(=O)NCc1ccccc1Cl. The van der Waals surface area contributed by atoms with E-state index in [0.29, 0.717) is 18.0 Å². The molecule has 0 bridgehead atoms. The van der Waals surface area contributed by atoms with Crippen LogP contribution in [0.4, 0.5) is 5.69 Å². The van der Waals surface area contributed by atoms with E-state index < -0.39 is 6.04 Å². The van der Waals surface area contributed by atoms with Gasteiger partial charge in [0.05, 0.1) is 6.54 Å². The van der Waals surface area contributed by atoms with Crippen LogP contribution in [0.25, 0.3) is 10.9 Å². The maximum atomic E-state index is 13.3. The summed E-state index contributed by atoms with van der Waals surface area (Å²) in [5, 5.41) is 7.61.